The van der Waals surface area contributed by atoms with Crippen molar-refractivity contribution < 1.29 is 9.13 Å². The molecular weight excluding hydrogens is 321 g/mol. The summed E-state index contributed by atoms with van der Waals surface area (Å²) in [6, 6.07) is 10.8. The summed E-state index contributed by atoms with van der Waals surface area (Å²) in [6.45, 7) is 2.01. The van der Waals surface area contributed by atoms with Gasteiger partial charge in [-0.1, -0.05) is 34.1 Å². The minimum atomic E-state index is -0.249. The summed E-state index contributed by atoms with van der Waals surface area (Å²) in [5.41, 5.74) is 3.18. The summed E-state index contributed by atoms with van der Waals surface area (Å²) in [6.07, 6.45) is 0. The van der Waals surface area contributed by atoms with E-state index in [4.69, 9.17) is 4.74 Å². The molecule has 0 aliphatic heterocycles. The van der Waals surface area contributed by atoms with Crippen LogP contribution in [0, 0.1) is 12.7 Å². The second kappa shape index (κ2) is 6.37. The predicted molar refractivity (Wildman–Crippen MR) is 82.7 cm³/mol. The molecule has 0 bridgehead atoms. The van der Waals surface area contributed by atoms with Gasteiger partial charge in [0, 0.05) is 4.47 Å². The molecule has 4 heteroatoms. The largest absolute Gasteiger partial charge is 0.496 e. The summed E-state index contributed by atoms with van der Waals surface area (Å²) in [4.78, 5) is 0. The quantitative estimate of drug-likeness (QED) is 0.902. The average molecular weight is 338 g/mol. The second-order valence-corrected chi connectivity index (χ2v) is 5.47. The third kappa shape index (κ3) is 3.02. The van der Waals surface area contributed by atoms with Gasteiger partial charge in [-0.25, -0.2) is 4.39 Å². The Labute approximate surface area is 127 Å². The van der Waals surface area contributed by atoms with Gasteiger partial charge in [-0.15, -0.1) is 0 Å². The minimum absolute atomic E-state index is 0.00502. The van der Waals surface area contributed by atoms with Crippen LogP contribution in [-0.4, -0.2) is 14.2 Å². The predicted octanol–water partition coefficient (Wildman–Crippen LogP) is 4.21. The first-order valence-electron chi connectivity index (χ1n) is 6.33. The molecule has 1 atom stereocenters. The van der Waals surface area contributed by atoms with Gasteiger partial charge in [-0.3, -0.25) is 0 Å². The van der Waals surface area contributed by atoms with Gasteiger partial charge in [0.2, 0.25) is 0 Å². The van der Waals surface area contributed by atoms with Crippen molar-refractivity contribution in [3.8, 4) is 5.75 Å². The lowest BCUT2D eigenvalue weighted by Crippen LogP contribution is -2.18. The summed E-state index contributed by atoms with van der Waals surface area (Å²) >= 11 is 3.43. The number of methoxy groups -OCH3 is 1. The molecular formula is C16H17BrFNO. The van der Waals surface area contributed by atoms with Crippen LogP contribution in [0.2, 0.25) is 0 Å². The van der Waals surface area contributed by atoms with Gasteiger partial charge in [-0.2, -0.15) is 0 Å². The zero-order valence-corrected chi connectivity index (χ0v) is 13.3. The highest BCUT2D eigenvalue weighted by molar-refractivity contribution is 9.10. The number of nitrogens with one attached hydrogen (secondary N) is 1. The molecule has 0 aliphatic carbocycles. The molecule has 2 aromatic rings. The lowest BCUT2D eigenvalue weighted by molar-refractivity contribution is 0.411. The van der Waals surface area contributed by atoms with E-state index in [1.807, 2.05) is 26.1 Å². The Hall–Kier alpha value is -1.39. The van der Waals surface area contributed by atoms with E-state index in [2.05, 4.69) is 27.3 Å². The summed E-state index contributed by atoms with van der Waals surface area (Å²) in [7, 11) is 3.55. The highest BCUT2D eigenvalue weighted by atomic mass is 79.9. The molecule has 0 amide bonds. The number of rotatable bonds is 4. The average Bonchev–Trinajstić information content (AvgIpc) is 2.42. The fourth-order valence-corrected chi connectivity index (χ4v) is 2.90. The van der Waals surface area contributed by atoms with Gasteiger partial charge in [-0.05, 0) is 48.9 Å². The molecule has 0 saturated carbocycles. The van der Waals surface area contributed by atoms with E-state index in [-0.39, 0.29) is 11.9 Å². The van der Waals surface area contributed by atoms with Crippen LogP contribution < -0.4 is 10.1 Å². The van der Waals surface area contributed by atoms with Crippen LogP contribution in [0.5, 0.6) is 5.75 Å². The van der Waals surface area contributed by atoms with Crippen LogP contribution >= 0.6 is 15.9 Å². The second-order valence-electron chi connectivity index (χ2n) is 4.62. The summed E-state index contributed by atoms with van der Waals surface area (Å²) in [5, 5.41) is 3.27. The Morgan fingerprint density at radius 1 is 1.20 bits per heavy atom. The van der Waals surface area contributed by atoms with Crippen LogP contribution in [0.25, 0.3) is 0 Å². The van der Waals surface area contributed by atoms with E-state index in [0.717, 1.165) is 26.9 Å². The first-order chi connectivity index (χ1) is 9.56. The molecule has 2 aromatic carbocycles. The van der Waals surface area contributed by atoms with E-state index < -0.39 is 0 Å². The Balaban J connectivity index is 2.44. The normalized spacial score (nSPS) is 12.2. The molecule has 2 rings (SSSR count). The molecule has 0 fully saturated rings. The van der Waals surface area contributed by atoms with Crippen molar-refractivity contribution in [3.63, 3.8) is 0 Å². The Morgan fingerprint density at radius 2 is 1.95 bits per heavy atom. The van der Waals surface area contributed by atoms with Crippen LogP contribution in [0.4, 0.5) is 4.39 Å². The zero-order valence-electron chi connectivity index (χ0n) is 11.7. The molecule has 20 heavy (non-hydrogen) atoms. The lowest BCUT2D eigenvalue weighted by atomic mass is 9.97. The van der Waals surface area contributed by atoms with E-state index in [1.54, 1.807) is 13.2 Å². The van der Waals surface area contributed by atoms with Gasteiger partial charge in [0.15, 0.2) is 0 Å². The van der Waals surface area contributed by atoms with Crippen molar-refractivity contribution in [1.29, 1.82) is 0 Å². The fraction of sp³-hybridized carbons (Fsp3) is 0.250. The first kappa shape index (κ1) is 15.0. The summed E-state index contributed by atoms with van der Waals surface area (Å²) in [5.74, 6) is 0.614. The third-order valence-electron chi connectivity index (χ3n) is 3.31. The molecule has 1 unspecified atom stereocenters. The standard InChI is InChI=1S/C16H17BrFNO/c1-10-8-11(4-7-15(10)20-3)16(19-2)13-6-5-12(18)9-14(13)17/h4-9,16,19H,1-3H3. The molecule has 0 saturated heterocycles. The number of aryl methyl sites for hydroxylation is 1. The van der Waals surface area contributed by atoms with Gasteiger partial charge < -0.3 is 10.1 Å². The van der Waals surface area contributed by atoms with Crippen molar-refractivity contribution in [1.82, 2.24) is 5.32 Å². The van der Waals surface area contributed by atoms with E-state index in [1.165, 1.54) is 12.1 Å². The van der Waals surface area contributed by atoms with Crippen LogP contribution in [0.3, 0.4) is 0 Å². The van der Waals surface area contributed by atoms with E-state index in [0.29, 0.717) is 0 Å². The molecule has 0 spiro atoms. The fourth-order valence-electron chi connectivity index (χ4n) is 2.32. The van der Waals surface area contributed by atoms with Crippen LogP contribution in [0.1, 0.15) is 22.7 Å². The third-order valence-corrected chi connectivity index (χ3v) is 4.00. The molecule has 106 valence electrons. The highest BCUT2D eigenvalue weighted by Gasteiger charge is 2.16. The minimum Gasteiger partial charge on any atom is -0.496 e. The molecule has 2 nitrogen and oxygen atoms in total. The lowest BCUT2D eigenvalue weighted by Gasteiger charge is -2.20. The van der Waals surface area contributed by atoms with E-state index >= 15 is 0 Å². The van der Waals surface area contributed by atoms with Gasteiger partial charge in [0.05, 0.1) is 13.2 Å². The van der Waals surface area contributed by atoms with Gasteiger partial charge >= 0.3 is 0 Å². The Morgan fingerprint density at radius 3 is 2.50 bits per heavy atom. The maximum absolute atomic E-state index is 13.2. The number of hydrogen-bond acceptors (Lipinski definition) is 2. The number of hydrogen-bond donors (Lipinski definition) is 1. The number of halogens is 2. The molecule has 0 aromatic heterocycles. The SMILES string of the molecule is CNC(c1ccc(OC)c(C)c1)c1ccc(F)cc1Br. The number of benzene rings is 2. The molecule has 1 N–H and O–H groups in total. The van der Waals surface area contributed by atoms with Crippen molar-refractivity contribution in [2.45, 2.75) is 13.0 Å². The van der Waals surface area contributed by atoms with Crippen molar-refractivity contribution >= 4 is 15.9 Å². The highest BCUT2D eigenvalue weighted by Crippen LogP contribution is 2.31. The van der Waals surface area contributed by atoms with Crippen molar-refractivity contribution in [3.05, 3.63) is 63.4 Å². The monoisotopic (exact) mass is 337 g/mol. The van der Waals surface area contributed by atoms with E-state index in [9.17, 15) is 4.39 Å². The van der Waals surface area contributed by atoms with Gasteiger partial charge in [0.1, 0.15) is 11.6 Å². The van der Waals surface area contributed by atoms with Crippen LogP contribution in [-0.2, 0) is 0 Å². The topological polar surface area (TPSA) is 21.3 Å². The molecule has 0 radical (unpaired) electrons. The Bertz CT molecular complexity index is 615. The maximum atomic E-state index is 13.2. The number of ether oxygens (including phenoxy) is 1. The Kier molecular flexibility index (Phi) is 4.78. The van der Waals surface area contributed by atoms with Crippen molar-refractivity contribution in [2.24, 2.45) is 0 Å². The van der Waals surface area contributed by atoms with Crippen LogP contribution in [0.15, 0.2) is 40.9 Å². The zero-order chi connectivity index (χ0) is 14.7. The van der Waals surface area contributed by atoms with Crippen molar-refractivity contribution in [2.75, 3.05) is 14.2 Å². The van der Waals surface area contributed by atoms with Gasteiger partial charge in [0.25, 0.3) is 0 Å². The smallest absolute Gasteiger partial charge is 0.124 e. The molecule has 0 heterocycles. The maximum Gasteiger partial charge on any atom is 0.124 e. The first-order valence-corrected chi connectivity index (χ1v) is 7.13. The molecule has 0 aliphatic rings. The summed E-state index contributed by atoms with van der Waals surface area (Å²) < 4.78 is 19.2.